The maximum Gasteiger partial charge on any atom is 0.0999 e. The molecule has 13 heavy (non-hydrogen) atoms. The summed E-state index contributed by atoms with van der Waals surface area (Å²) in [5.74, 6) is 0. The third-order valence-corrected chi connectivity index (χ3v) is 3.79. The van der Waals surface area contributed by atoms with Gasteiger partial charge in [-0.05, 0) is 31.2 Å². The molecule has 1 aromatic rings. The molecule has 2 atom stereocenters. The van der Waals surface area contributed by atoms with Crippen LogP contribution in [0.1, 0.15) is 24.6 Å². The summed E-state index contributed by atoms with van der Waals surface area (Å²) in [5, 5.41) is 2.10. The Bertz CT molecular complexity index is 272. The number of rotatable bonds is 2. The first-order valence-corrected chi connectivity index (χ1v) is 5.54. The van der Waals surface area contributed by atoms with Gasteiger partial charge in [0.2, 0.25) is 0 Å². The van der Waals surface area contributed by atoms with Crippen molar-refractivity contribution in [1.82, 2.24) is 0 Å². The first kappa shape index (κ1) is 9.19. The van der Waals surface area contributed by atoms with Gasteiger partial charge in [-0.25, -0.2) is 0 Å². The normalized spacial score (nSPS) is 33.8. The molecule has 0 radical (unpaired) electrons. The summed E-state index contributed by atoms with van der Waals surface area (Å²) in [6.07, 6.45) is 2.44. The molecule has 2 rings (SSSR count). The van der Waals surface area contributed by atoms with Crippen molar-refractivity contribution >= 4 is 11.3 Å². The van der Waals surface area contributed by atoms with Crippen molar-refractivity contribution in [2.24, 2.45) is 5.73 Å². The summed E-state index contributed by atoms with van der Waals surface area (Å²) >= 11 is 1.77. The molecule has 2 N–H and O–H groups in total. The second kappa shape index (κ2) is 3.40. The fraction of sp³-hybridized carbons (Fsp3) is 0.600. The summed E-state index contributed by atoms with van der Waals surface area (Å²) in [4.78, 5) is 1.32. The molecule has 0 spiro atoms. The zero-order chi connectivity index (χ0) is 9.31. The minimum Gasteiger partial charge on any atom is -0.365 e. The fourth-order valence-electron chi connectivity index (χ4n) is 1.85. The molecule has 1 fully saturated rings. The Morgan fingerprint density at radius 3 is 3.15 bits per heavy atom. The van der Waals surface area contributed by atoms with Gasteiger partial charge in [-0.15, -0.1) is 11.3 Å². The lowest BCUT2D eigenvalue weighted by Crippen LogP contribution is -2.25. The summed E-state index contributed by atoms with van der Waals surface area (Å²) in [6, 6.07) is 4.22. The Hall–Kier alpha value is -0.380. The number of nitrogens with two attached hydrogens (primary N) is 1. The van der Waals surface area contributed by atoms with Gasteiger partial charge in [-0.1, -0.05) is 6.07 Å². The highest BCUT2D eigenvalue weighted by atomic mass is 32.1. The van der Waals surface area contributed by atoms with Crippen LogP contribution in [0.25, 0.3) is 0 Å². The predicted octanol–water partition coefficient (Wildman–Crippen LogP) is 2.10. The van der Waals surface area contributed by atoms with Gasteiger partial charge in [0.25, 0.3) is 0 Å². The van der Waals surface area contributed by atoms with Gasteiger partial charge >= 0.3 is 0 Å². The molecule has 0 amide bonds. The zero-order valence-electron chi connectivity index (χ0n) is 7.82. The Morgan fingerprint density at radius 2 is 2.62 bits per heavy atom. The minimum absolute atomic E-state index is 0.0712. The van der Waals surface area contributed by atoms with E-state index in [9.17, 15) is 0 Å². The van der Waals surface area contributed by atoms with Crippen LogP contribution in [0, 0.1) is 0 Å². The van der Waals surface area contributed by atoms with E-state index in [1.165, 1.54) is 4.88 Å². The van der Waals surface area contributed by atoms with E-state index in [-0.39, 0.29) is 11.7 Å². The summed E-state index contributed by atoms with van der Waals surface area (Å²) in [6.45, 7) is 2.80. The Morgan fingerprint density at radius 1 is 1.77 bits per heavy atom. The Kier molecular flexibility index (Phi) is 2.41. The minimum atomic E-state index is -0.0712. The molecule has 3 heteroatoms. The van der Waals surface area contributed by atoms with E-state index in [1.54, 1.807) is 11.3 Å². The van der Waals surface area contributed by atoms with Crippen LogP contribution in [0.4, 0.5) is 0 Å². The monoisotopic (exact) mass is 197 g/mol. The van der Waals surface area contributed by atoms with Crippen LogP contribution in [0.5, 0.6) is 0 Å². The third kappa shape index (κ3) is 1.64. The van der Waals surface area contributed by atoms with Crippen molar-refractivity contribution in [3.05, 3.63) is 22.4 Å². The van der Waals surface area contributed by atoms with Gasteiger partial charge in [-0.2, -0.15) is 0 Å². The molecule has 0 saturated carbocycles. The molecule has 1 aromatic heterocycles. The van der Waals surface area contributed by atoms with Crippen molar-refractivity contribution in [3.63, 3.8) is 0 Å². The van der Waals surface area contributed by atoms with E-state index in [2.05, 4.69) is 24.4 Å². The Labute approximate surface area is 82.7 Å². The maximum absolute atomic E-state index is 5.93. The van der Waals surface area contributed by atoms with Crippen molar-refractivity contribution < 1.29 is 4.74 Å². The molecule has 1 aliphatic heterocycles. The lowest BCUT2D eigenvalue weighted by Gasteiger charge is -2.23. The van der Waals surface area contributed by atoms with E-state index in [4.69, 9.17) is 10.5 Å². The van der Waals surface area contributed by atoms with Gasteiger partial charge in [0.15, 0.2) is 0 Å². The van der Waals surface area contributed by atoms with Crippen LogP contribution in [-0.2, 0) is 10.3 Å². The number of ether oxygens (including phenoxy) is 1. The highest BCUT2D eigenvalue weighted by Gasteiger charge is 2.37. The Balaban J connectivity index is 2.15. The molecule has 2 unspecified atom stereocenters. The molecule has 2 heterocycles. The smallest absolute Gasteiger partial charge is 0.0999 e. The van der Waals surface area contributed by atoms with Crippen LogP contribution < -0.4 is 5.73 Å². The number of thiophene rings is 1. The van der Waals surface area contributed by atoms with Crippen LogP contribution in [-0.4, -0.2) is 12.6 Å². The van der Waals surface area contributed by atoms with Gasteiger partial charge in [0.1, 0.15) is 0 Å². The van der Waals surface area contributed by atoms with Crippen molar-refractivity contribution in [2.45, 2.75) is 31.5 Å². The second-order valence-electron chi connectivity index (χ2n) is 3.72. The van der Waals surface area contributed by atoms with Crippen molar-refractivity contribution in [1.29, 1.82) is 0 Å². The van der Waals surface area contributed by atoms with Crippen molar-refractivity contribution in [2.75, 3.05) is 6.54 Å². The lowest BCUT2D eigenvalue weighted by atomic mass is 10.0. The average Bonchev–Trinajstić information content (AvgIpc) is 2.72. The first-order valence-electron chi connectivity index (χ1n) is 4.66. The van der Waals surface area contributed by atoms with Gasteiger partial charge in [0.05, 0.1) is 11.7 Å². The van der Waals surface area contributed by atoms with E-state index < -0.39 is 0 Å². The largest absolute Gasteiger partial charge is 0.365 e. The summed E-state index contributed by atoms with van der Waals surface area (Å²) < 4.78 is 5.93. The van der Waals surface area contributed by atoms with Gasteiger partial charge in [0, 0.05) is 11.4 Å². The van der Waals surface area contributed by atoms with Crippen molar-refractivity contribution in [3.8, 4) is 0 Å². The third-order valence-electron chi connectivity index (χ3n) is 2.68. The quantitative estimate of drug-likeness (QED) is 0.788. The standard InChI is InChI=1S/C10H15NOS/c1-10(9-3-2-6-13-9)5-4-8(7-11)12-10/h2-3,6,8H,4-5,7,11H2,1H3. The molecule has 1 aliphatic rings. The maximum atomic E-state index is 5.93. The molecule has 1 saturated heterocycles. The summed E-state index contributed by atoms with van der Waals surface area (Å²) in [7, 11) is 0. The molecular weight excluding hydrogens is 182 g/mol. The predicted molar refractivity (Wildman–Crippen MR) is 54.8 cm³/mol. The van der Waals surface area contributed by atoms with Crippen LogP contribution in [0.3, 0.4) is 0 Å². The van der Waals surface area contributed by atoms with E-state index in [0.717, 1.165) is 12.8 Å². The molecule has 72 valence electrons. The highest BCUT2D eigenvalue weighted by molar-refractivity contribution is 7.10. The topological polar surface area (TPSA) is 35.2 Å². The highest BCUT2D eigenvalue weighted by Crippen LogP contribution is 2.40. The van der Waals surface area contributed by atoms with E-state index in [0.29, 0.717) is 6.54 Å². The lowest BCUT2D eigenvalue weighted by molar-refractivity contribution is -0.0257. The molecule has 0 bridgehead atoms. The fourth-order valence-corrected chi connectivity index (χ4v) is 2.71. The molecule has 0 aromatic carbocycles. The average molecular weight is 197 g/mol. The van der Waals surface area contributed by atoms with E-state index >= 15 is 0 Å². The summed E-state index contributed by atoms with van der Waals surface area (Å²) in [5.41, 5.74) is 5.52. The molecular formula is C10H15NOS. The van der Waals surface area contributed by atoms with Gasteiger partial charge in [-0.3, -0.25) is 0 Å². The second-order valence-corrected chi connectivity index (χ2v) is 4.67. The van der Waals surface area contributed by atoms with Crippen LogP contribution in [0.15, 0.2) is 17.5 Å². The zero-order valence-corrected chi connectivity index (χ0v) is 8.64. The van der Waals surface area contributed by atoms with Crippen LogP contribution in [0.2, 0.25) is 0 Å². The first-order chi connectivity index (χ1) is 6.24. The van der Waals surface area contributed by atoms with Gasteiger partial charge < -0.3 is 10.5 Å². The van der Waals surface area contributed by atoms with E-state index in [1.807, 2.05) is 0 Å². The SMILES string of the molecule is CC1(c2cccs2)CCC(CN)O1. The molecule has 0 aliphatic carbocycles. The van der Waals surface area contributed by atoms with Crippen LogP contribution >= 0.6 is 11.3 Å². The number of hydrogen-bond donors (Lipinski definition) is 1. The molecule has 2 nitrogen and oxygen atoms in total. The number of hydrogen-bond acceptors (Lipinski definition) is 3.